The molecule has 0 saturated carbocycles. The Kier molecular flexibility index (Phi) is 5.89. The van der Waals surface area contributed by atoms with Crippen molar-refractivity contribution in [2.45, 2.75) is 6.54 Å². The Bertz CT molecular complexity index is 1190. The maximum atomic E-state index is 13.1. The third-order valence-corrected chi connectivity index (χ3v) is 4.77. The zero-order chi connectivity index (χ0) is 21.6. The fourth-order valence-corrected chi connectivity index (χ4v) is 3.23. The molecule has 1 N–H and O–H groups in total. The molecule has 0 aliphatic rings. The molecular formula is C23H21N5O3. The summed E-state index contributed by atoms with van der Waals surface area (Å²) in [5.74, 6) is 1.04. The molecule has 0 fully saturated rings. The number of nitrogens with zero attached hydrogens (tertiary/aromatic N) is 4. The van der Waals surface area contributed by atoms with Gasteiger partial charge < -0.3 is 14.8 Å². The van der Waals surface area contributed by atoms with E-state index in [1.807, 2.05) is 60.7 Å². The van der Waals surface area contributed by atoms with Crippen LogP contribution in [0.1, 0.15) is 16.1 Å². The lowest BCUT2D eigenvalue weighted by Gasteiger charge is -2.11. The van der Waals surface area contributed by atoms with Crippen molar-refractivity contribution in [2.24, 2.45) is 0 Å². The van der Waals surface area contributed by atoms with E-state index in [1.165, 1.54) is 0 Å². The lowest BCUT2D eigenvalue weighted by molar-refractivity contribution is 0.0946. The Labute approximate surface area is 179 Å². The average Bonchev–Trinajstić information content (AvgIpc) is 3.28. The highest BCUT2D eigenvalue weighted by atomic mass is 16.5. The standard InChI is InChI=1S/C23H21N5O3/c1-30-19-8-5-7-18(14-19)28-22(16-10-12-24-13-11-16)21(26-27-28)23(29)25-15-17-6-3-4-9-20(17)31-2/h3-14H,15H2,1-2H3,(H,25,29). The summed E-state index contributed by atoms with van der Waals surface area (Å²) in [6.45, 7) is 0.296. The van der Waals surface area contributed by atoms with Crippen molar-refractivity contribution in [3.63, 3.8) is 0 Å². The van der Waals surface area contributed by atoms with E-state index >= 15 is 0 Å². The van der Waals surface area contributed by atoms with Gasteiger partial charge >= 0.3 is 0 Å². The predicted octanol–water partition coefficient (Wildman–Crippen LogP) is 3.28. The number of benzene rings is 2. The molecular weight excluding hydrogens is 394 g/mol. The van der Waals surface area contributed by atoms with E-state index in [1.54, 1.807) is 31.3 Å². The van der Waals surface area contributed by atoms with Gasteiger partial charge in [-0.05, 0) is 30.3 Å². The summed E-state index contributed by atoms with van der Waals surface area (Å²) in [5, 5.41) is 11.4. The Morgan fingerprint density at radius 3 is 2.58 bits per heavy atom. The maximum absolute atomic E-state index is 13.1. The van der Waals surface area contributed by atoms with Crippen LogP contribution in [0.15, 0.2) is 73.1 Å². The number of methoxy groups -OCH3 is 2. The van der Waals surface area contributed by atoms with Crippen molar-refractivity contribution >= 4 is 5.91 Å². The number of pyridine rings is 1. The van der Waals surface area contributed by atoms with Gasteiger partial charge in [-0.3, -0.25) is 9.78 Å². The molecule has 4 aromatic rings. The van der Waals surface area contributed by atoms with E-state index in [-0.39, 0.29) is 11.6 Å². The molecule has 0 saturated heterocycles. The molecule has 4 rings (SSSR count). The number of ether oxygens (including phenoxy) is 2. The molecule has 0 bridgehead atoms. The molecule has 2 heterocycles. The van der Waals surface area contributed by atoms with Gasteiger partial charge in [0.05, 0.1) is 19.9 Å². The second-order valence-corrected chi connectivity index (χ2v) is 6.63. The van der Waals surface area contributed by atoms with E-state index in [2.05, 4.69) is 20.6 Å². The van der Waals surface area contributed by atoms with Gasteiger partial charge in [0.25, 0.3) is 5.91 Å². The number of hydrogen-bond acceptors (Lipinski definition) is 6. The molecule has 0 aliphatic carbocycles. The van der Waals surface area contributed by atoms with Crippen LogP contribution in [0.2, 0.25) is 0 Å². The number of carbonyl (C=O) groups excluding carboxylic acids is 1. The highest BCUT2D eigenvalue weighted by Crippen LogP contribution is 2.26. The summed E-state index contributed by atoms with van der Waals surface area (Å²) in [6.07, 6.45) is 3.32. The van der Waals surface area contributed by atoms with Gasteiger partial charge in [0.15, 0.2) is 5.69 Å². The van der Waals surface area contributed by atoms with Crippen molar-refractivity contribution < 1.29 is 14.3 Å². The zero-order valence-electron chi connectivity index (χ0n) is 17.1. The van der Waals surface area contributed by atoms with Crippen LogP contribution in [-0.2, 0) is 6.54 Å². The van der Waals surface area contributed by atoms with Gasteiger partial charge in [-0.2, -0.15) is 0 Å². The molecule has 0 atom stereocenters. The molecule has 2 aromatic heterocycles. The van der Waals surface area contributed by atoms with Gasteiger partial charge in [0.1, 0.15) is 17.2 Å². The monoisotopic (exact) mass is 415 g/mol. The molecule has 1 amide bonds. The summed E-state index contributed by atoms with van der Waals surface area (Å²) >= 11 is 0. The predicted molar refractivity (Wildman–Crippen MR) is 115 cm³/mol. The van der Waals surface area contributed by atoms with E-state index < -0.39 is 0 Å². The van der Waals surface area contributed by atoms with Crippen molar-refractivity contribution in [1.29, 1.82) is 0 Å². The minimum Gasteiger partial charge on any atom is -0.497 e. The highest BCUT2D eigenvalue weighted by molar-refractivity contribution is 5.98. The number of rotatable bonds is 7. The van der Waals surface area contributed by atoms with E-state index in [9.17, 15) is 4.79 Å². The van der Waals surface area contributed by atoms with Crippen LogP contribution in [0, 0.1) is 0 Å². The fraction of sp³-hybridized carbons (Fsp3) is 0.130. The smallest absolute Gasteiger partial charge is 0.274 e. The molecule has 8 nitrogen and oxygen atoms in total. The zero-order valence-corrected chi connectivity index (χ0v) is 17.1. The van der Waals surface area contributed by atoms with Crippen LogP contribution in [0.3, 0.4) is 0 Å². The molecule has 0 radical (unpaired) electrons. The lowest BCUT2D eigenvalue weighted by Crippen LogP contribution is -2.24. The van der Waals surface area contributed by atoms with Crippen LogP contribution in [0.5, 0.6) is 11.5 Å². The molecule has 0 spiro atoms. The minimum absolute atomic E-state index is 0.212. The molecule has 31 heavy (non-hydrogen) atoms. The second-order valence-electron chi connectivity index (χ2n) is 6.63. The minimum atomic E-state index is -0.341. The van der Waals surface area contributed by atoms with Gasteiger partial charge in [-0.25, -0.2) is 4.68 Å². The first-order valence-electron chi connectivity index (χ1n) is 9.62. The molecule has 0 aliphatic heterocycles. The fourth-order valence-electron chi connectivity index (χ4n) is 3.23. The lowest BCUT2D eigenvalue weighted by atomic mass is 10.1. The van der Waals surface area contributed by atoms with Crippen LogP contribution in [0.25, 0.3) is 16.9 Å². The Hall–Kier alpha value is -4.20. The van der Waals surface area contributed by atoms with Crippen molar-refractivity contribution in [3.05, 3.63) is 84.3 Å². The maximum Gasteiger partial charge on any atom is 0.274 e. The Morgan fingerprint density at radius 2 is 1.81 bits per heavy atom. The third kappa shape index (κ3) is 4.23. The van der Waals surface area contributed by atoms with Crippen LogP contribution in [-0.4, -0.2) is 40.1 Å². The normalized spacial score (nSPS) is 10.5. The van der Waals surface area contributed by atoms with Gasteiger partial charge in [-0.1, -0.05) is 29.5 Å². The summed E-state index contributed by atoms with van der Waals surface area (Å²) in [7, 11) is 3.20. The Morgan fingerprint density at radius 1 is 1.00 bits per heavy atom. The van der Waals surface area contributed by atoms with Crippen molar-refractivity contribution in [3.8, 4) is 28.4 Å². The largest absolute Gasteiger partial charge is 0.497 e. The van der Waals surface area contributed by atoms with Crippen molar-refractivity contribution in [1.82, 2.24) is 25.3 Å². The average molecular weight is 415 g/mol. The summed E-state index contributed by atoms with van der Waals surface area (Å²) < 4.78 is 12.3. The number of hydrogen-bond donors (Lipinski definition) is 1. The number of nitrogens with one attached hydrogen (secondary N) is 1. The third-order valence-electron chi connectivity index (χ3n) is 4.77. The van der Waals surface area contributed by atoms with Crippen molar-refractivity contribution in [2.75, 3.05) is 14.2 Å². The number of aromatic nitrogens is 4. The quantitative estimate of drug-likeness (QED) is 0.498. The van der Waals surface area contributed by atoms with Gasteiger partial charge in [0.2, 0.25) is 0 Å². The van der Waals surface area contributed by atoms with Gasteiger partial charge in [0, 0.05) is 36.1 Å². The SMILES string of the molecule is COc1cccc(-n2nnc(C(=O)NCc3ccccc3OC)c2-c2ccncc2)c1. The molecule has 156 valence electrons. The van der Waals surface area contributed by atoms with E-state index in [4.69, 9.17) is 9.47 Å². The first-order valence-corrected chi connectivity index (χ1v) is 9.62. The molecule has 0 unspecified atom stereocenters. The van der Waals surface area contributed by atoms with Crippen LogP contribution >= 0.6 is 0 Å². The van der Waals surface area contributed by atoms with Crippen LogP contribution < -0.4 is 14.8 Å². The Balaban J connectivity index is 1.70. The summed E-state index contributed by atoms with van der Waals surface area (Å²) in [6, 6.07) is 18.5. The van der Waals surface area contributed by atoms with E-state index in [0.717, 1.165) is 16.8 Å². The number of carbonyl (C=O) groups is 1. The second kappa shape index (κ2) is 9.08. The topological polar surface area (TPSA) is 91.2 Å². The van der Waals surface area contributed by atoms with E-state index in [0.29, 0.717) is 23.7 Å². The number of amides is 1. The van der Waals surface area contributed by atoms with Gasteiger partial charge in [-0.15, -0.1) is 5.10 Å². The summed E-state index contributed by atoms with van der Waals surface area (Å²) in [4.78, 5) is 17.1. The molecule has 2 aromatic carbocycles. The molecule has 8 heteroatoms. The van der Waals surface area contributed by atoms with Crippen LogP contribution in [0.4, 0.5) is 0 Å². The first kappa shape index (κ1) is 20.1. The number of para-hydroxylation sites is 1. The first-order chi connectivity index (χ1) is 15.2. The highest BCUT2D eigenvalue weighted by Gasteiger charge is 2.22. The summed E-state index contributed by atoms with van der Waals surface area (Å²) in [5.41, 5.74) is 3.13.